The molecule has 2 atom stereocenters. The Labute approximate surface area is 236 Å². The van der Waals surface area contributed by atoms with Crippen LogP contribution in [0, 0.1) is 0 Å². The van der Waals surface area contributed by atoms with Crippen molar-refractivity contribution in [3.8, 4) is 0 Å². The second kappa shape index (κ2) is 16.3. The molecule has 0 radical (unpaired) electrons. The Morgan fingerprint density at radius 3 is 2.38 bits per heavy atom. The Kier molecular flexibility index (Phi) is 13.5. The summed E-state index contributed by atoms with van der Waals surface area (Å²) < 4.78 is 5.39. The first-order chi connectivity index (χ1) is 18.6. The second-order valence-electron chi connectivity index (χ2n) is 11.8. The van der Waals surface area contributed by atoms with Crippen molar-refractivity contribution < 1.29 is 19.1 Å². The summed E-state index contributed by atoms with van der Waals surface area (Å²) >= 11 is 0. The molecule has 218 valence electrons. The topological polar surface area (TPSA) is 87.7 Å². The molecule has 2 N–H and O–H groups in total. The zero-order chi connectivity index (χ0) is 28.8. The van der Waals surface area contributed by atoms with E-state index in [4.69, 9.17) is 4.74 Å². The number of nitrogens with one attached hydrogen (secondary N) is 2. The normalized spacial score (nSPS) is 15.6. The van der Waals surface area contributed by atoms with Gasteiger partial charge in [-0.2, -0.15) is 0 Å². The van der Waals surface area contributed by atoms with Crippen LogP contribution in [0.1, 0.15) is 122 Å². The molecule has 1 saturated carbocycles. The van der Waals surface area contributed by atoms with E-state index >= 15 is 0 Å². The molecule has 2 rings (SSSR count). The van der Waals surface area contributed by atoms with E-state index in [-0.39, 0.29) is 17.9 Å². The first kappa shape index (κ1) is 32.4. The van der Waals surface area contributed by atoms with Gasteiger partial charge in [-0.25, -0.2) is 4.79 Å². The maximum atomic E-state index is 13.9. The van der Waals surface area contributed by atoms with Gasteiger partial charge in [-0.05, 0) is 64.2 Å². The van der Waals surface area contributed by atoms with Crippen molar-refractivity contribution in [1.82, 2.24) is 15.5 Å². The second-order valence-corrected chi connectivity index (χ2v) is 11.8. The van der Waals surface area contributed by atoms with Gasteiger partial charge in [0.15, 0.2) is 0 Å². The molecule has 0 saturated heterocycles. The number of ether oxygens (including phenoxy) is 1. The molecule has 2 unspecified atom stereocenters. The number of rotatable bonds is 14. The number of hydrogen-bond donors (Lipinski definition) is 2. The number of carbonyl (C=O) groups excluding carboxylic acids is 3. The molecule has 39 heavy (non-hydrogen) atoms. The Morgan fingerprint density at radius 2 is 1.74 bits per heavy atom. The van der Waals surface area contributed by atoms with Crippen molar-refractivity contribution in [3.63, 3.8) is 0 Å². The van der Waals surface area contributed by atoms with Gasteiger partial charge in [-0.3, -0.25) is 9.59 Å². The van der Waals surface area contributed by atoms with Gasteiger partial charge in [0, 0.05) is 12.6 Å². The third-order valence-corrected chi connectivity index (χ3v) is 7.11. The fourth-order valence-electron chi connectivity index (χ4n) is 5.08. The van der Waals surface area contributed by atoms with Crippen LogP contribution in [0.3, 0.4) is 0 Å². The lowest BCUT2D eigenvalue weighted by atomic mass is 9.94. The predicted octanol–water partition coefficient (Wildman–Crippen LogP) is 6.92. The van der Waals surface area contributed by atoms with E-state index < -0.39 is 23.8 Å². The average molecular weight is 542 g/mol. The van der Waals surface area contributed by atoms with E-state index in [1.54, 1.807) is 38.7 Å². The van der Waals surface area contributed by atoms with Crippen LogP contribution in [0.25, 0.3) is 6.08 Å². The Morgan fingerprint density at radius 1 is 1.08 bits per heavy atom. The first-order valence-electron chi connectivity index (χ1n) is 14.9. The fraction of sp³-hybridized carbons (Fsp3) is 0.656. The summed E-state index contributed by atoms with van der Waals surface area (Å²) in [7, 11) is 0. The van der Waals surface area contributed by atoms with E-state index in [9.17, 15) is 14.4 Å². The molecule has 1 aliphatic rings. The van der Waals surface area contributed by atoms with Gasteiger partial charge in [-0.15, -0.1) is 0 Å². The highest BCUT2D eigenvalue weighted by atomic mass is 16.6. The molecule has 1 aliphatic carbocycles. The highest BCUT2D eigenvalue weighted by Gasteiger charge is 2.35. The van der Waals surface area contributed by atoms with Gasteiger partial charge in [0.2, 0.25) is 11.8 Å². The van der Waals surface area contributed by atoms with Crippen LogP contribution in [0.4, 0.5) is 4.79 Å². The van der Waals surface area contributed by atoms with Crippen LogP contribution in [-0.4, -0.2) is 47.0 Å². The summed E-state index contributed by atoms with van der Waals surface area (Å²) in [5, 5.41) is 5.93. The van der Waals surface area contributed by atoms with Gasteiger partial charge in [0.05, 0.1) is 0 Å². The number of benzene rings is 1. The van der Waals surface area contributed by atoms with Crippen molar-refractivity contribution in [2.75, 3.05) is 6.54 Å². The van der Waals surface area contributed by atoms with Gasteiger partial charge in [-0.1, -0.05) is 89.1 Å². The highest BCUT2D eigenvalue weighted by Crippen LogP contribution is 2.26. The van der Waals surface area contributed by atoms with Gasteiger partial charge < -0.3 is 20.3 Å². The van der Waals surface area contributed by atoms with E-state index in [1.165, 1.54) is 19.3 Å². The number of nitrogens with zero attached hydrogens (tertiary/aromatic N) is 1. The maximum Gasteiger partial charge on any atom is 0.408 e. The standard InChI is InChI=1S/C32H51N3O4/c1-7-9-10-11-12-16-22-35(30(37)24(3)33-31(38)39-32(4,5)6)28(26-19-17-18-25(8-2)23-26)29(36)34-27-20-14-13-15-21-27/h8,17-19,23-24,27-28H,2,7,9-16,20-22H2,1,3-6H3,(H,33,38)(H,34,36). The number of alkyl carbamates (subject to hydrolysis) is 1. The molecular weight excluding hydrogens is 490 g/mol. The van der Waals surface area contributed by atoms with Gasteiger partial charge in [0.1, 0.15) is 17.7 Å². The number of hydrogen-bond acceptors (Lipinski definition) is 4. The van der Waals surface area contributed by atoms with Crippen molar-refractivity contribution in [3.05, 3.63) is 42.0 Å². The van der Waals surface area contributed by atoms with Gasteiger partial charge >= 0.3 is 6.09 Å². The lowest BCUT2D eigenvalue weighted by Crippen LogP contribution is -2.53. The molecule has 0 spiro atoms. The third kappa shape index (κ3) is 11.4. The SMILES string of the molecule is C=Cc1cccc(C(C(=O)NC2CCCCC2)N(CCCCCCCC)C(=O)C(C)NC(=O)OC(C)(C)C)c1. The summed E-state index contributed by atoms with van der Waals surface area (Å²) in [6.07, 6.45) is 12.7. The van der Waals surface area contributed by atoms with Crippen molar-refractivity contribution in [2.24, 2.45) is 0 Å². The summed E-state index contributed by atoms with van der Waals surface area (Å²) in [6, 6.07) is 6.09. The van der Waals surface area contributed by atoms with Crippen LogP contribution in [0.2, 0.25) is 0 Å². The molecule has 3 amide bonds. The Bertz CT molecular complexity index is 934. The minimum Gasteiger partial charge on any atom is -0.444 e. The minimum atomic E-state index is -0.854. The molecular formula is C32H51N3O4. The van der Waals surface area contributed by atoms with Gasteiger partial charge in [0.25, 0.3) is 0 Å². The van der Waals surface area contributed by atoms with Crippen LogP contribution >= 0.6 is 0 Å². The molecule has 0 heterocycles. The van der Waals surface area contributed by atoms with E-state index in [2.05, 4.69) is 24.1 Å². The van der Waals surface area contributed by atoms with Crippen molar-refractivity contribution >= 4 is 24.0 Å². The third-order valence-electron chi connectivity index (χ3n) is 7.11. The zero-order valence-corrected chi connectivity index (χ0v) is 24.9. The highest BCUT2D eigenvalue weighted by molar-refractivity contribution is 5.92. The lowest BCUT2D eigenvalue weighted by Gasteiger charge is -2.35. The minimum absolute atomic E-state index is 0.111. The first-order valence-corrected chi connectivity index (χ1v) is 14.9. The van der Waals surface area contributed by atoms with E-state index in [0.29, 0.717) is 6.54 Å². The zero-order valence-electron chi connectivity index (χ0n) is 24.9. The Balaban J connectivity index is 2.35. The van der Waals surface area contributed by atoms with Crippen LogP contribution in [0.5, 0.6) is 0 Å². The number of amides is 3. The van der Waals surface area contributed by atoms with E-state index in [1.807, 2.05) is 24.3 Å². The maximum absolute atomic E-state index is 13.9. The van der Waals surface area contributed by atoms with E-state index in [0.717, 1.165) is 62.5 Å². The molecule has 0 aromatic heterocycles. The average Bonchev–Trinajstić information content (AvgIpc) is 2.89. The molecule has 1 aromatic carbocycles. The molecule has 0 bridgehead atoms. The number of unbranched alkanes of at least 4 members (excludes halogenated alkanes) is 5. The molecule has 7 nitrogen and oxygen atoms in total. The number of carbonyl (C=O) groups is 3. The predicted molar refractivity (Wildman–Crippen MR) is 158 cm³/mol. The largest absolute Gasteiger partial charge is 0.444 e. The smallest absolute Gasteiger partial charge is 0.408 e. The summed E-state index contributed by atoms with van der Waals surface area (Å²) in [4.78, 5) is 42.0. The molecule has 1 fully saturated rings. The Hall–Kier alpha value is -2.83. The van der Waals surface area contributed by atoms with Crippen LogP contribution < -0.4 is 10.6 Å². The van der Waals surface area contributed by atoms with Crippen molar-refractivity contribution in [1.29, 1.82) is 0 Å². The lowest BCUT2D eigenvalue weighted by molar-refractivity contribution is -0.142. The monoisotopic (exact) mass is 541 g/mol. The summed E-state index contributed by atoms with van der Waals surface area (Å²) in [6.45, 7) is 13.5. The molecule has 0 aliphatic heterocycles. The molecule has 7 heteroatoms. The summed E-state index contributed by atoms with van der Waals surface area (Å²) in [5.74, 6) is -0.478. The van der Waals surface area contributed by atoms with Crippen molar-refractivity contribution in [2.45, 2.75) is 129 Å². The van der Waals surface area contributed by atoms with Crippen LogP contribution in [0.15, 0.2) is 30.8 Å². The fourth-order valence-corrected chi connectivity index (χ4v) is 5.08. The molecule has 1 aromatic rings. The van der Waals surface area contributed by atoms with Crippen LogP contribution in [-0.2, 0) is 14.3 Å². The quantitative estimate of drug-likeness (QED) is 0.250. The summed E-state index contributed by atoms with van der Waals surface area (Å²) in [5.41, 5.74) is 0.942.